The molecule has 1 aromatic rings. The number of carbonyl (C=O) groups excluding carboxylic acids is 2. The van der Waals surface area contributed by atoms with Crippen LogP contribution in [-0.2, 0) is 11.3 Å². The normalized spacial score (nSPS) is 24.2. The van der Waals surface area contributed by atoms with Crippen molar-refractivity contribution in [3.8, 4) is 5.75 Å². The Balaban J connectivity index is 1.58. The van der Waals surface area contributed by atoms with Gasteiger partial charge in [0.1, 0.15) is 5.75 Å². The van der Waals surface area contributed by atoms with Gasteiger partial charge in [0.2, 0.25) is 5.91 Å². The third kappa shape index (κ3) is 2.80. The number of benzene rings is 1. The van der Waals surface area contributed by atoms with Gasteiger partial charge in [0, 0.05) is 31.6 Å². The smallest absolute Gasteiger partial charge is 0.254 e. The lowest BCUT2D eigenvalue weighted by Gasteiger charge is -2.30. The Hall–Kier alpha value is -2.04. The van der Waals surface area contributed by atoms with Crippen LogP contribution in [0.1, 0.15) is 41.6 Å². The molecule has 118 valence electrons. The van der Waals surface area contributed by atoms with Crippen LogP contribution in [0.5, 0.6) is 5.75 Å². The first kappa shape index (κ1) is 14.9. The summed E-state index contributed by atoms with van der Waals surface area (Å²) in [5, 5.41) is 12.2. The Bertz CT molecular complexity index is 592. The second kappa shape index (κ2) is 5.99. The lowest BCUT2D eigenvalue weighted by Crippen LogP contribution is -2.35. The minimum atomic E-state index is 0.0133. The first-order chi connectivity index (χ1) is 10.6. The highest BCUT2D eigenvalue weighted by atomic mass is 16.3. The Labute approximate surface area is 130 Å². The summed E-state index contributed by atoms with van der Waals surface area (Å²) in [4.78, 5) is 25.9. The number of rotatable bonds is 3. The topological polar surface area (TPSA) is 69.6 Å². The van der Waals surface area contributed by atoms with Crippen LogP contribution in [0.15, 0.2) is 18.2 Å². The molecule has 0 saturated heterocycles. The third-order valence-corrected chi connectivity index (χ3v) is 4.91. The maximum atomic E-state index is 12.4. The summed E-state index contributed by atoms with van der Waals surface area (Å²) in [5.74, 6) is 0.885. The van der Waals surface area contributed by atoms with E-state index in [1.807, 2.05) is 11.0 Å². The van der Waals surface area contributed by atoms with Crippen molar-refractivity contribution in [3.05, 3.63) is 29.3 Å². The van der Waals surface area contributed by atoms with E-state index in [1.165, 1.54) is 0 Å². The third-order valence-electron chi connectivity index (χ3n) is 4.91. The summed E-state index contributed by atoms with van der Waals surface area (Å²) >= 11 is 0. The van der Waals surface area contributed by atoms with Crippen LogP contribution in [-0.4, -0.2) is 35.4 Å². The van der Waals surface area contributed by atoms with Gasteiger partial charge < -0.3 is 15.3 Å². The van der Waals surface area contributed by atoms with Gasteiger partial charge >= 0.3 is 0 Å². The minimum absolute atomic E-state index is 0.0133. The Kier molecular flexibility index (Phi) is 4.05. The van der Waals surface area contributed by atoms with Crippen LogP contribution in [0.2, 0.25) is 0 Å². The van der Waals surface area contributed by atoms with E-state index in [9.17, 15) is 14.7 Å². The van der Waals surface area contributed by atoms with Crippen LogP contribution >= 0.6 is 0 Å². The number of nitrogens with one attached hydrogen (secondary N) is 1. The van der Waals surface area contributed by atoms with E-state index >= 15 is 0 Å². The molecule has 1 aliphatic carbocycles. The number of fused-ring (bicyclic) bond motifs is 1. The van der Waals surface area contributed by atoms with Crippen molar-refractivity contribution in [1.82, 2.24) is 10.2 Å². The van der Waals surface area contributed by atoms with Crippen LogP contribution in [0.4, 0.5) is 0 Å². The quantitative estimate of drug-likeness (QED) is 0.896. The van der Waals surface area contributed by atoms with E-state index < -0.39 is 0 Å². The molecule has 2 N–H and O–H groups in total. The summed E-state index contributed by atoms with van der Waals surface area (Å²) in [7, 11) is 1.68. The summed E-state index contributed by atoms with van der Waals surface area (Å²) in [6.45, 7) is 1.37. The van der Waals surface area contributed by atoms with Gasteiger partial charge in [0.05, 0.1) is 0 Å². The molecular formula is C17H22N2O3. The number of aromatic hydroxyl groups is 1. The molecule has 0 radical (unpaired) electrons. The zero-order valence-corrected chi connectivity index (χ0v) is 12.8. The molecule has 2 aliphatic rings. The molecule has 5 nitrogen and oxygen atoms in total. The minimum Gasteiger partial charge on any atom is -0.508 e. The number of amides is 2. The molecular weight excluding hydrogens is 280 g/mol. The summed E-state index contributed by atoms with van der Waals surface area (Å²) in [5.41, 5.74) is 1.61. The monoisotopic (exact) mass is 302 g/mol. The van der Waals surface area contributed by atoms with Gasteiger partial charge in [0.15, 0.2) is 0 Å². The average Bonchev–Trinajstić information content (AvgIpc) is 2.83. The van der Waals surface area contributed by atoms with E-state index in [-0.39, 0.29) is 23.5 Å². The van der Waals surface area contributed by atoms with Crippen molar-refractivity contribution in [3.63, 3.8) is 0 Å². The molecule has 1 fully saturated rings. The van der Waals surface area contributed by atoms with Crippen LogP contribution < -0.4 is 5.32 Å². The molecule has 2 amide bonds. The highest BCUT2D eigenvalue weighted by molar-refractivity contribution is 5.98. The fourth-order valence-electron chi connectivity index (χ4n) is 3.62. The highest BCUT2D eigenvalue weighted by Crippen LogP contribution is 2.32. The second-order valence-electron chi connectivity index (χ2n) is 6.36. The molecule has 0 unspecified atom stereocenters. The first-order valence-corrected chi connectivity index (χ1v) is 7.91. The maximum Gasteiger partial charge on any atom is 0.254 e. The Morgan fingerprint density at radius 1 is 1.32 bits per heavy atom. The predicted molar refractivity (Wildman–Crippen MR) is 82.4 cm³/mol. The molecule has 1 saturated carbocycles. The van der Waals surface area contributed by atoms with Crippen molar-refractivity contribution < 1.29 is 14.7 Å². The van der Waals surface area contributed by atoms with E-state index in [2.05, 4.69) is 5.32 Å². The van der Waals surface area contributed by atoms with Gasteiger partial charge in [0.25, 0.3) is 5.91 Å². The Morgan fingerprint density at radius 2 is 2.05 bits per heavy atom. The van der Waals surface area contributed by atoms with Crippen molar-refractivity contribution >= 4 is 11.8 Å². The molecule has 1 heterocycles. The number of hydrogen-bond donors (Lipinski definition) is 2. The fourth-order valence-corrected chi connectivity index (χ4v) is 3.62. The zero-order chi connectivity index (χ0) is 15.7. The Morgan fingerprint density at radius 3 is 2.73 bits per heavy atom. The highest BCUT2D eigenvalue weighted by Gasteiger charge is 2.32. The number of hydrogen-bond acceptors (Lipinski definition) is 3. The first-order valence-electron chi connectivity index (χ1n) is 7.91. The number of carbonyl (C=O) groups is 2. The standard InChI is InChI=1S/C17H22N2O3/c1-18-16(21)12-4-2-11(3-5-12)9-19-10-13-6-7-14(20)8-15(13)17(19)22/h6-8,11-12,20H,2-5,9-10H2,1H3,(H,18,21). The SMILES string of the molecule is CNC(=O)C1CCC(CN2Cc3ccc(O)cc3C2=O)CC1. The number of nitrogens with zero attached hydrogens (tertiary/aromatic N) is 1. The summed E-state index contributed by atoms with van der Waals surface area (Å²) in [6.07, 6.45) is 3.78. The number of phenolic OH excluding ortho intramolecular Hbond substituents is 1. The van der Waals surface area contributed by atoms with Crippen LogP contribution in [0, 0.1) is 11.8 Å². The van der Waals surface area contributed by atoms with Crippen molar-refractivity contribution in [2.45, 2.75) is 32.2 Å². The molecule has 1 aliphatic heterocycles. The van der Waals surface area contributed by atoms with E-state index in [1.54, 1.807) is 19.2 Å². The van der Waals surface area contributed by atoms with Crippen molar-refractivity contribution in [2.75, 3.05) is 13.6 Å². The lowest BCUT2D eigenvalue weighted by molar-refractivity contribution is -0.125. The van der Waals surface area contributed by atoms with Gasteiger partial charge in [-0.3, -0.25) is 9.59 Å². The van der Waals surface area contributed by atoms with Gasteiger partial charge in [-0.15, -0.1) is 0 Å². The van der Waals surface area contributed by atoms with E-state index in [4.69, 9.17) is 0 Å². The van der Waals surface area contributed by atoms with Gasteiger partial charge in [-0.2, -0.15) is 0 Å². The molecule has 3 rings (SSSR count). The van der Waals surface area contributed by atoms with Crippen LogP contribution in [0.25, 0.3) is 0 Å². The molecule has 0 spiro atoms. The van der Waals surface area contributed by atoms with E-state index in [0.29, 0.717) is 18.0 Å². The fraction of sp³-hybridized carbons (Fsp3) is 0.529. The maximum absolute atomic E-state index is 12.4. The molecule has 5 heteroatoms. The molecule has 22 heavy (non-hydrogen) atoms. The van der Waals surface area contributed by atoms with Crippen LogP contribution in [0.3, 0.4) is 0 Å². The molecule has 0 bridgehead atoms. The molecule has 0 aromatic heterocycles. The van der Waals surface area contributed by atoms with E-state index in [0.717, 1.165) is 37.8 Å². The molecule has 0 atom stereocenters. The van der Waals surface area contributed by atoms with Crippen molar-refractivity contribution in [2.24, 2.45) is 11.8 Å². The predicted octanol–water partition coefficient (Wildman–Crippen LogP) is 1.90. The van der Waals surface area contributed by atoms with Gasteiger partial charge in [-0.05, 0) is 49.3 Å². The average molecular weight is 302 g/mol. The zero-order valence-electron chi connectivity index (χ0n) is 12.8. The molecule has 1 aromatic carbocycles. The summed E-state index contributed by atoms with van der Waals surface area (Å²) in [6, 6.07) is 5.01. The second-order valence-corrected chi connectivity index (χ2v) is 6.36. The summed E-state index contributed by atoms with van der Waals surface area (Å²) < 4.78 is 0. The number of phenols is 1. The largest absolute Gasteiger partial charge is 0.508 e. The lowest BCUT2D eigenvalue weighted by atomic mass is 9.81. The van der Waals surface area contributed by atoms with Crippen molar-refractivity contribution in [1.29, 1.82) is 0 Å². The van der Waals surface area contributed by atoms with Gasteiger partial charge in [-0.25, -0.2) is 0 Å². The van der Waals surface area contributed by atoms with Gasteiger partial charge in [-0.1, -0.05) is 6.07 Å².